The van der Waals surface area contributed by atoms with E-state index < -0.39 is 35.7 Å². The smallest absolute Gasteiger partial charge is 0.329 e. The molecular formula is C22H30N2O5. The average molecular weight is 402 g/mol. The second kappa shape index (κ2) is 8.78. The molecule has 1 aromatic rings. The van der Waals surface area contributed by atoms with Gasteiger partial charge in [-0.1, -0.05) is 18.2 Å². The van der Waals surface area contributed by atoms with E-state index in [4.69, 9.17) is 10.5 Å². The van der Waals surface area contributed by atoms with Gasteiger partial charge in [0.2, 0.25) is 5.91 Å². The number of nitrogens with two attached hydrogens (primary N) is 1. The molecular weight excluding hydrogens is 372 g/mol. The van der Waals surface area contributed by atoms with Gasteiger partial charge in [0.25, 0.3) is 5.91 Å². The summed E-state index contributed by atoms with van der Waals surface area (Å²) in [6.45, 7) is 10.7. The Kier molecular flexibility index (Phi) is 6.85. The van der Waals surface area contributed by atoms with Crippen LogP contribution in [0.15, 0.2) is 30.9 Å². The Hall–Kier alpha value is -2.67. The number of hydrogen-bond donors (Lipinski definition) is 2. The predicted molar refractivity (Wildman–Crippen MR) is 109 cm³/mol. The molecule has 0 spiro atoms. The fraction of sp³-hybridized carbons (Fsp3) is 0.500. The molecule has 158 valence electrons. The Morgan fingerprint density at radius 3 is 2.59 bits per heavy atom. The number of aliphatic hydroxyl groups excluding tert-OH is 1. The summed E-state index contributed by atoms with van der Waals surface area (Å²) in [5.74, 6) is -1.43. The fourth-order valence-corrected chi connectivity index (χ4v) is 3.52. The lowest BCUT2D eigenvalue weighted by atomic mass is 9.98. The van der Waals surface area contributed by atoms with E-state index in [1.807, 2.05) is 6.92 Å². The maximum absolute atomic E-state index is 13.1. The lowest BCUT2D eigenvalue weighted by Gasteiger charge is -2.32. The highest BCUT2D eigenvalue weighted by Crippen LogP contribution is 2.38. The molecule has 29 heavy (non-hydrogen) atoms. The summed E-state index contributed by atoms with van der Waals surface area (Å²) in [7, 11) is 0. The molecule has 1 aliphatic rings. The molecule has 7 nitrogen and oxygen atoms in total. The standard InChI is InChI=1S/C22H30N2O5/c1-6-7-18(25)14-8-9-15-16(12-14)13(2)24(20(15)27)17(10-11-19(23)26)21(28)29-22(3,4)5/h6,8-9,12-13,17-18,25H,1,7,10-11H2,2-5H3,(H2,23,26)/t13-,17+,18+/m1/s1. The third-order valence-electron chi connectivity index (χ3n) is 4.86. The number of ether oxygens (including phenoxy) is 1. The number of amides is 2. The molecule has 1 aliphatic heterocycles. The number of carbonyl (C=O) groups excluding carboxylic acids is 3. The van der Waals surface area contributed by atoms with Crippen molar-refractivity contribution in [2.24, 2.45) is 5.73 Å². The van der Waals surface area contributed by atoms with Crippen LogP contribution in [0.5, 0.6) is 0 Å². The third-order valence-corrected chi connectivity index (χ3v) is 4.86. The van der Waals surface area contributed by atoms with Crippen LogP contribution in [0, 0.1) is 0 Å². The van der Waals surface area contributed by atoms with Gasteiger partial charge in [-0.15, -0.1) is 6.58 Å². The largest absolute Gasteiger partial charge is 0.458 e. The Morgan fingerprint density at radius 2 is 2.03 bits per heavy atom. The maximum atomic E-state index is 13.1. The van der Waals surface area contributed by atoms with Gasteiger partial charge in [0.1, 0.15) is 11.6 Å². The number of fused-ring (bicyclic) bond motifs is 1. The average Bonchev–Trinajstić information content (AvgIpc) is 2.85. The van der Waals surface area contributed by atoms with Crippen molar-refractivity contribution >= 4 is 17.8 Å². The lowest BCUT2D eigenvalue weighted by molar-refractivity contribution is -0.161. The first-order valence-corrected chi connectivity index (χ1v) is 9.73. The van der Waals surface area contributed by atoms with Crippen molar-refractivity contribution in [3.05, 3.63) is 47.5 Å². The van der Waals surface area contributed by atoms with Crippen molar-refractivity contribution in [1.82, 2.24) is 4.90 Å². The Morgan fingerprint density at radius 1 is 1.38 bits per heavy atom. The molecule has 2 amide bonds. The number of nitrogens with zero attached hydrogens (tertiary/aromatic N) is 1. The summed E-state index contributed by atoms with van der Waals surface area (Å²) < 4.78 is 5.50. The van der Waals surface area contributed by atoms with Crippen molar-refractivity contribution in [2.75, 3.05) is 0 Å². The van der Waals surface area contributed by atoms with Crippen LogP contribution < -0.4 is 5.73 Å². The summed E-state index contributed by atoms with van der Waals surface area (Å²) >= 11 is 0. The first kappa shape index (κ1) is 22.6. The molecule has 0 fully saturated rings. The first-order chi connectivity index (χ1) is 13.5. The molecule has 0 bridgehead atoms. The Labute approximate surface area is 171 Å². The Balaban J connectivity index is 2.38. The second-order valence-electron chi connectivity index (χ2n) is 8.33. The van der Waals surface area contributed by atoms with Crippen molar-refractivity contribution < 1.29 is 24.2 Å². The van der Waals surface area contributed by atoms with E-state index in [-0.39, 0.29) is 18.7 Å². The molecule has 7 heteroatoms. The number of benzene rings is 1. The summed E-state index contributed by atoms with van der Waals surface area (Å²) in [4.78, 5) is 38.7. The zero-order chi connectivity index (χ0) is 21.9. The van der Waals surface area contributed by atoms with E-state index >= 15 is 0 Å². The number of carbonyl (C=O) groups is 3. The molecule has 0 saturated heterocycles. The van der Waals surface area contributed by atoms with Gasteiger partial charge in [0, 0.05) is 12.0 Å². The highest BCUT2D eigenvalue weighted by atomic mass is 16.6. The van der Waals surface area contributed by atoms with Gasteiger partial charge in [0.15, 0.2) is 0 Å². The topological polar surface area (TPSA) is 110 Å². The van der Waals surface area contributed by atoms with Gasteiger partial charge in [-0.2, -0.15) is 0 Å². The van der Waals surface area contributed by atoms with E-state index in [0.717, 1.165) is 5.56 Å². The van der Waals surface area contributed by atoms with Gasteiger partial charge < -0.3 is 20.5 Å². The first-order valence-electron chi connectivity index (χ1n) is 9.73. The van der Waals surface area contributed by atoms with Gasteiger partial charge in [-0.3, -0.25) is 9.59 Å². The summed E-state index contributed by atoms with van der Waals surface area (Å²) in [5, 5.41) is 10.2. The summed E-state index contributed by atoms with van der Waals surface area (Å²) in [5.41, 5.74) is 6.41. The molecule has 3 N–H and O–H groups in total. The molecule has 1 heterocycles. The lowest BCUT2D eigenvalue weighted by Crippen LogP contribution is -2.46. The monoisotopic (exact) mass is 402 g/mol. The van der Waals surface area contributed by atoms with E-state index in [0.29, 0.717) is 17.5 Å². The molecule has 3 atom stereocenters. The number of aliphatic hydroxyl groups is 1. The number of esters is 1. The molecule has 0 aromatic heterocycles. The van der Waals surface area contributed by atoms with Crippen LogP contribution >= 0.6 is 0 Å². The molecule has 0 aliphatic carbocycles. The van der Waals surface area contributed by atoms with Crippen LogP contribution in [0.2, 0.25) is 0 Å². The fourth-order valence-electron chi connectivity index (χ4n) is 3.52. The van der Waals surface area contributed by atoms with Crippen LogP contribution in [0.25, 0.3) is 0 Å². The van der Waals surface area contributed by atoms with Gasteiger partial charge in [0.05, 0.1) is 12.1 Å². The van der Waals surface area contributed by atoms with Crippen LogP contribution in [0.3, 0.4) is 0 Å². The minimum absolute atomic E-state index is 0.0416. The molecule has 0 radical (unpaired) electrons. The predicted octanol–water partition coefficient (Wildman–Crippen LogP) is 2.79. The minimum atomic E-state index is -0.932. The summed E-state index contributed by atoms with van der Waals surface area (Å²) in [6, 6.07) is 3.80. The third kappa shape index (κ3) is 5.23. The van der Waals surface area contributed by atoms with Crippen molar-refractivity contribution in [2.45, 2.75) is 70.7 Å². The quantitative estimate of drug-likeness (QED) is 0.513. The second-order valence-corrected chi connectivity index (χ2v) is 8.33. The number of primary amides is 1. The van der Waals surface area contributed by atoms with Gasteiger partial charge >= 0.3 is 5.97 Å². The van der Waals surface area contributed by atoms with Gasteiger partial charge in [-0.25, -0.2) is 4.79 Å². The molecule has 2 rings (SSSR count). The van der Waals surface area contributed by atoms with Crippen LogP contribution in [-0.4, -0.2) is 39.4 Å². The SMILES string of the molecule is C=CC[C@H](O)c1ccc2c(c1)[C@@H](C)N([C@@H](CCC(N)=O)C(=O)OC(C)(C)C)C2=O. The number of rotatable bonds is 8. The highest BCUT2D eigenvalue weighted by Gasteiger charge is 2.42. The maximum Gasteiger partial charge on any atom is 0.329 e. The number of hydrogen-bond acceptors (Lipinski definition) is 5. The summed E-state index contributed by atoms with van der Waals surface area (Å²) in [6.07, 6.45) is 1.34. The molecule has 1 aromatic carbocycles. The normalized spacial score (nSPS) is 18.2. The zero-order valence-electron chi connectivity index (χ0n) is 17.5. The Bertz CT molecular complexity index is 812. The molecule has 0 unspecified atom stereocenters. The molecule has 0 saturated carbocycles. The van der Waals surface area contributed by atoms with Crippen LogP contribution in [0.4, 0.5) is 0 Å². The van der Waals surface area contributed by atoms with E-state index in [1.54, 1.807) is 45.0 Å². The van der Waals surface area contributed by atoms with E-state index in [2.05, 4.69) is 6.58 Å². The van der Waals surface area contributed by atoms with Gasteiger partial charge in [-0.05, 0) is 57.7 Å². The van der Waals surface area contributed by atoms with Crippen molar-refractivity contribution in [3.63, 3.8) is 0 Å². The van der Waals surface area contributed by atoms with Crippen molar-refractivity contribution in [1.29, 1.82) is 0 Å². The minimum Gasteiger partial charge on any atom is -0.458 e. The van der Waals surface area contributed by atoms with Crippen molar-refractivity contribution in [3.8, 4) is 0 Å². The van der Waals surface area contributed by atoms with E-state index in [9.17, 15) is 19.5 Å². The zero-order valence-corrected chi connectivity index (χ0v) is 17.5. The van der Waals surface area contributed by atoms with Crippen LogP contribution in [-0.2, 0) is 14.3 Å². The highest BCUT2D eigenvalue weighted by molar-refractivity contribution is 6.01. The van der Waals surface area contributed by atoms with E-state index in [1.165, 1.54) is 4.90 Å². The van der Waals surface area contributed by atoms with Crippen LogP contribution in [0.1, 0.15) is 80.6 Å².